The predicted octanol–water partition coefficient (Wildman–Crippen LogP) is 3.87. The highest BCUT2D eigenvalue weighted by molar-refractivity contribution is 5.33. The van der Waals surface area contributed by atoms with Gasteiger partial charge in [0.25, 0.3) is 0 Å². The van der Waals surface area contributed by atoms with Gasteiger partial charge in [0, 0.05) is 32.2 Å². The van der Waals surface area contributed by atoms with Crippen molar-refractivity contribution in [2.24, 2.45) is 0 Å². The molecule has 0 radical (unpaired) electrons. The second-order valence-corrected chi connectivity index (χ2v) is 5.01. The van der Waals surface area contributed by atoms with Gasteiger partial charge in [-0.25, -0.2) is 4.98 Å². The molecule has 0 fully saturated rings. The zero-order chi connectivity index (χ0) is 14.9. The van der Waals surface area contributed by atoms with E-state index in [-0.39, 0.29) is 0 Å². The Morgan fingerprint density at radius 1 is 1.24 bits per heavy atom. The Morgan fingerprint density at radius 2 is 2.05 bits per heavy atom. The quantitative estimate of drug-likeness (QED) is 0.712. The highest BCUT2D eigenvalue weighted by atomic mass is 16.5. The van der Waals surface area contributed by atoms with Crippen LogP contribution in [0.3, 0.4) is 0 Å². The van der Waals surface area contributed by atoms with Gasteiger partial charge in [-0.05, 0) is 25.3 Å². The molecule has 1 aromatic heterocycles. The van der Waals surface area contributed by atoms with Gasteiger partial charge in [-0.2, -0.15) is 0 Å². The predicted molar refractivity (Wildman–Crippen MR) is 86.4 cm³/mol. The monoisotopic (exact) mass is 287 g/mol. The molecule has 114 valence electrons. The molecular formula is C17H25N3O. The van der Waals surface area contributed by atoms with Crippen LogP contribution in [0.5, 0.6) is 0 Å². The summed E-state index contributed by atoms with van der Waals surface area (Å²) in [5.41, 5.74) is 1.30. The van der Waals surface area contributed by atoms with E-state index >= 15 is 0 Å². The maximum atomic E-state index is 5.39. The molecule has 2 aromatic rings. The molecule has 0 aliphatic heterocycles. The third kappa shape index (κ3) is 4.60. The number of aromatic nitrogens is 2. The molecule has 1 heterocycles. The lowest BCUT2D eigenvalue weighted by atomic mass is 10.1. The first-order chi connectivity index (χ1) is 10.3. The molecule has 0 spiro atoms. The summed E-state index contributed by atoms with van der Waals surface area (Å²) >= 11 is 0. The summed E-state index contributed by atoms with van der Waals surface area (Å²) in [6, 6.07) is 10.8. The van der Waals surface area contributed by atoms with Crippen molar-refractivity contribution in [1.82, 2.24) is 9.55 Å². The van der Waals surface area contributed by atoms with Gasteiger partial charge < -0.3 is 14.6 Å². The average Bonchev–Trinajstić information content (AvgIpc) is 2.97. The van der Waals surface area contributed by atoms with E-state index in [0.29, 0.717) is 6.04 Å². The van der Waals surface area contributed by atoms with Crippen molar-refractivity contribution in [3.8, 4) is 0 Å². The van der Waals surface area contributed by atoms with Gasteiger partial charge in [-0.1, -0.05) is 37.3 Å². The number of nitrogens with zero attached hydrogens (tertiary/aromatic N) is 2. The molecule has 4 heteroatoms. The van der Waals surface area contributed by atoms with Gasteiger partial charge in [-0.3, -0.25) is 0 Å². The van der Waals surface area contributed by atoms with Crippen LogP contribution < -0.4 is 5.32 Å². The smallest absolute Gasteiger partial charge is 0.203 e. The molecule has 0 amide bonds. The molecule has 1 atom stereocenters. The third-order valence-electron chi connectivity index (χ3n) is 3.52. The number of benzene rings is 1. The van der Waals surface area contributed by atoms with Crippen molar-refractivity contribution in [3.05, 3.63) is 48.3 Å². The second kappa shape index (κ2) is 8.47. The molecule has 4 nitrogen and oxygen atoms in total. The van der Waals surface area contributed by atoms with E-state index in [4.69, 9.17) is 4.74 Å². The van der Waals surface area contributed by atoms with Crippen LogP contribution in [0.1, 0.15) is 38.3 Å². The second-order valence-electron chi connectivity index (χ2n) is 5.01. The number of ether oxygens (including phenoxy) is 1. The van der Waals surface area contributed by atoms with Gasteiger partial charge in [0.05, 0.1) is 6.04 Å². The Morgan fingerprint density at radius 3 is 2.76 bits per heavy atom. The molecular weight excluding hydrogens is 262 g/mol. The standard InChI is InChI=1S/C17H25N3O/c1-3-16(15-9-6-5-7-10-15)19-17-18-11-13-20(17)12-8-14-21-4-2/h5-7,9-11,13,16H,3-4,8,12,14H2,1-2H3,(H,18,19). The Labute approximate surface area is 127 Å². The number of nitrogens with one attached hydrogen (secondary N) is 1. The Bertz CT molecular complexity index is 510. The lowest BCUT2D eigenvalue weighted by Gasteiger charge is -2.19. The first-order valence-electron chi connectivity index (χ1n) is 7.75. The number of rotatable bonds is 9. The lowest BCUT2D eigenvalue weighted by Crippen LogP contribution is -2.14. The van der Waals surface area contributed by atoms with Crippen LogP contribution in [-0.4, -0.2) is 22.8 Å². The van der Waals surface area contributed by atoms with E-state index in [9.17, 15) is 0 Å². The van der Waals surface area contributed by atoms with Crippen molar-refractivity contribution in [2.45, 2.75) is 39.3 Å². The Kier molecular flexibility index (Phi) is 6.28. The molecule has 0 saturated carbocycles. The van der Waals surface area contributed by atoms with E-state index < -0.39 is 0 Å². The number of hydrogen-bond donors (Lipinski definition) is 1. The van der Waals surface area contributed by atoms with Crippen LogP contribution in [0.25, 0.3) is 0 Å². The van der Waals surface area contributed by atoms with Crippen LogP contribution in [0, 0.1) is 0 Å². The van der Waals surface area contributed by atoms with E-state index in [0.717, 1.165) is 38.5 Å². The fourth-order valence-electron chi connectivity index (χ4n) is 2.37. The Hall–Kier alpha value is -1.81. The van der Waals surface area contributed by atoms with Gasteiger partial charge >= 0.3 is 0 Å². The summed E-state index contributed by atoms with van der Waals surface area (Å²) in [5, 5.41) is 3.55. The highest BCUT2D eigenvalue weighted by Crippen LogP contribution is 2.21. The van der Waals surface area contributed by atoms with Crippen LogP contribution in [0.2, 0.25) is 0 Å². The number of anilines is 1. The first kappa shape index (κ1) is 15.6. The van der Waals surface area contributed by atoms with E-state index in [1.165, 1.54) is 5.56 Å². The molecule has 0 bridgehead atoms. The first-order valence-corrected chi connectivity index (χ1v) is 7.75. The summed E-state index contributed by atoms with van der Waals surface area (Å²) < 4.78 is 7.55. The van der Waals surface area contributed by atoms with Crippen molar-refractivity contribution >= 4 is 5.95 Å². The molecule has 0 saturated heterocycles. The summed E-state index contributed by atoms with van der Waals surface area (Å²) in [4.78, 5) is 4.44. The number of hydrogen-bond acceptors (Lipinski definition) is 3. The van der Waals surface area contributed by atoms with Crippen molar-refractivity contribution < 1.29 is 4.74 Å². The molecule has 1 aromatic carbocycles. The summed E-state index contributed by atoms with van der Waals surface area (Å²) in [7, 11) is 0. The SMILES string of the molecule is CCOCCCn1ccnc1NC(CC)c1ccccc1. The molecule has 1 N–H and O–H groups in total. The minimum atomic E-state index is 0.291. The van der Waals surface area contributed by atoms with Gasteiger partial charge in [-0.15, -0.1) is 0 Å². The number of imidazole rings is 1. The van der Waals surface area contributed by atoms with Crippen molar-refractivity contribution in [3.63, 3.8) is 0 Å². The molecule has 0 aliphatic rings. The van der Waals surface area contributed by atoms with E-state index in [1.807, 2.05) is 25.4 Å². The minimum Gasteiger partial charge on any atom is -0.382 e. The maximum absolute atomic E-state index is 5.39. The van der Waals surface area contributed by atoms with Crippen molar-refractivity contribution in [2.75, 3.05) is 18.5 Å². The largest absolute Gasteiger partial charge is 0.382 e. The normalized spacial score (nSPS) is 12.3. The molecule has 0 aliphatic carbocycles. The van der Waals surface area contributed by atoms with Crippen LogP contribution >= 0.6 is 0 Å². The molecule has 2 rings (SSSR count). The molecule has 1 unspecified atom stereocenters. The summed E-state index contributed by atoms with van der Waals surface area (Å²) in [5.74, 6) is 0.933. The van der Waals surface area contributed by atoms with Gasteiger partial charge in [0.2, 0.25) is 5.95 Å². The number of aryl methyl sites for hydroxylation is 1. The highest BCUT2D eigenvalue weighted by Gasteiger charge is 2.11. The van der Waals surface area contributed by atoms with E-state index in [1.54, 1.807) is 0 Å². The zero-order valence-corrected chi connectivity index (χ0v) is 13.0. The topological polar surface area (TPSA) is 39.1 Å². The lowest BCUT2D eigenvalue weighted by molar-refractivity contribution is 0.142. The fraction of sp³-hybridized carbons (Fsp3) is 0.471. The van der Waals surface area contributed by atoms with Crippen LogP contribution in [0.15, 0.2) is 42.7 Å². The summed E-state index contributed by atoms with van der Waals surface area (Å²) in [6.45, 7) is 6.71. The Balaban J connectivity index is 1.97. The van der Waals surface area contributed by atoms with Gasteiger partial charge in [0.1, 0.15) is 0 Å². The minimum absolute atomic E-state index is 0.291. The van der Waals surface area contributed by atoms with Crippen molar-refractivity contribution in [1.29, 1.82) is 0 Å². The maximum Gasteiger partial charge on any atom is 0.203 e. The van der Waals surface area contributed by atoms with Crippen LogP contribution in [-0.2, 0) is 11.3 Å². The molecule has 21 heavy (non-hydrogen) atoms. The summed E-state index contributed by atoms with van der Waals surface area (Å²) in [6.07, 6.45) is 5.89. The fourth-order valence-corrected chi connectivity index (χ4v) is 2.37. The van der Waals surface area contributed by atoms with Gasteiger partial charge in [0.15, 0.2) is 0 Å². The third-order valence-corrected chi connectivity index (χ3v) is 3.52. The average molecular weight is 287 g/mol. The van der Waals surface area contributed by atoms with Crippen LogP contribution in [0.4, 0.5) is 5.95 Å². The zero-order valence-electron chi connectivity index (χ0n) is 13.0. The van der Waals surface area contributed by atoms with E-state index in [2.05, 4.69) is 46.1 Å².